The smallest absolute Gasteiger partial charge is 0.146 e. The van der Waals surface area contributed by atoms with Gasteiger partial charge in [-0.3, -0.25) is 0 Å². The standard InChI is InChI=1S/C13H15N3O/c14-12-5-4-9-2-1-3-11(13(9)16-12)17-10-6-7-15-8-10/h1-5,10,15H,6-8H2,(H2,14,16)/t10-/m0/s1. The van der Waals surface area contributed by atoms with Crippen molar-refractivity contribution in [3.63, 3.8) is 0 Å². The lowest BCUT2D eigenvalue weighted by molar-refractivity contribution is 0.225. The van der Waals surface area contributed by atoms with Crippen molar-refractivity contribution in [3.05, 3.63) is 30.3 Å². The zero-order valence-corrected chi connectivity index (χ0v) is 9.52. The van der Waals surface area contributed by atoms with Gasteiger partial charge in [-0.25, -0.2) is 4.98 Å². The van der Waals surface area contributed by atoms with E-state index in [-0.39, 0.29) is 6.10 Å². The summed E-state index contributed by atoms with van der Waals surface area (Å²) in [6.45, 7) is 1.92. The van der Waals surface area contributed by atoms with E-state index in [1.54, 1.807) is 0 Å². The van der Waals surface area contributed by atoms with Crippen LogP contribution in [0.1, 0.15) is 6.42 Å². The number of anilines is 1. The van der Waals surface area contributed by atoms with Gasteiger partial charge in [-0.2, -0.15) is 0 Å². The Morgan fingerprint density at radius 1 is 1.29 bits per heavy atom. The molecule has 0 unspecified atom stereocenters. The molecule has 1 fully saturated rings. The highest BCUT2D eigenvalue weighted by Crippen LogP contribution is 2.26. The van der Waals surface area contributed by atoms with Crippen LogP contribution in [0.2, 0.25) is 0 Å². The van der Waals surface area contributed by atoms with E-state index in [1.807, 2.05) is 30.3 Å². The molecular weight excluding hydrogens is 214 g/mol. The molecule has 3 rings (SSSR count). The summed E-state index contributed by atoms with van der Waals surface area (Å²) in [5.41, 5.74) is 6.57. The summed E-state index contributed by atoms with van der Waals surface area (Å²) in [5, 5.41) is 4.34. The van der Waals surface area contributed by atoms with Gasteiger partial charge in [0.1, 0.15) is 23.2 Å². The number of pyridine rings is 1. The van der Waals surface area contributed by atoms with E-state index in [0.29, 0.717) is 5.82 Å². The third-order valence-electron chi connectivity index (χ3n) is 3.01. The number of para-hydroxylation sites is 1. The van der Waals surface area contributed by atoms with Crippen molar-refractivity contribution < 1.29 is 4.74 Å². The molecule has 4 nitrogen and oxygen atoms in total. The van der Waals surface area contributed by atoms with Crippen LogP contribution in [0, 0.1) is 0 Å². The fourth-order valence-corrected chi connectivity index (χ4v) is 2.14. The second-order valence-electron chi connectivity index (χ2n) is 4.30. The first-order chi connectivity index (χ1) is 8.33. The predicted octanol–water partition coefficient (Wildman–Crippen LogP) is 1.56. The van der Waals surface area contributed by atoms with Gasteiger partial charge in [0.25, 0.3) is 0 Å². The molecule has 1 aliphatic rings. The molecule has 2 aromatic rings. The number of rotatable bonds is 2. The molecule has 17 heavy (non-hydrogen) atoms. The molecule has 0 aliphatic carbocycles. The maximum Gasteiger partial charge on any atom is 0.146 e. The Labute approximate surface area is 99.8 Å². The summed E-state index contributed by atoms with van der Waals surface area (Å²) in [7, 11) is 0. The number of aromatic nitrogens is 1. The van der Waals surface area contributed by atoms with Crippen LogP contribution in [0.4, 0.5) is 5.82 Å². The number of hydrogen-bond acceptors (Lipinski definition) is 4. The highest BCUT2D eigenvalue weighted by Gasteiger charge is 2.17. The van der Waals surface area contributed by atoms with E-state index >= 15 is 0 Å². The number of nitrogens with zero attached hydrogens (tertiary/aromatic N) is 1. The first kappa shape index (κ1) is 10.4. The Balaban J connectivity index is 1.99. The fraction of sp³-hybridized carbons (Fsp3) is 0.308. The van der Waals surface area contributed by atoms with Crippen LogP contribution in [0.25, 0.3) is 10.9 Å². The molecule has 3 N–H and O–H groups in total. The second kappa shape index (κ2) is 4.22. The predicted molar refractivity (Wildman–Crippen MR) is 68.1 cm³/mol. The molecule has 4 heteroatoms. The minimum atomic E-state index is 0.240. The van der Waals surface area contributed by atoms with Crippen molar-refractivity contribution in [2.75, 3.05) is 18.8 Å². The monoisotopic (exact) mass is 229 g/mol. The zero-order valence-electron chi connectivity index (χ0n) is 9.52. The number of nitrogens with two attached hydrogens (primary N) is 1. The Morgan fingerprint density at radius 2 is 2.24 bits per heavy atom. The molecule has 0 bridgehead atoms. The van der Waals surface area contributed by atoms with Gasteiger partial charge in [0, 0.05) is 11.9 Å². The lowest BCUT2D eigenvalue weighted by atomic mass is 10.2. The average Bonchev–Trinajstić information content (AvgIpc) is 2.83. The minimum absolute atomic E-state index is 0.240. The minimum Gasteiger partial charge on any atom is -0.487 e. The quantitative estimate of drug-likeness (QED) is 0.820. The van der Waals surface area contributed by atoms with E-state index in [4.69, 9.17) is 10.5 Å². The first-order valence-electron chi connectivity index (χ1n) is 5.85. The third-order valence-corrected chi connectivity index (χ3v) is 3.01. The lowest BCUT2D eigenvalue weighted by Crippen LogP contribution is -2.19. The largest absolute Gasteiger partial charge is 0.487 e. The van der Waals surface area contributed by atoms with E-state index in [0.717, 1.165) is 36.2 Å². The molecule has 1 aliphatic heterocycles. The van der Waals surface area contributed by atoms with Crippen molar-refractivity contribution >= 4 is 16.7 Å². The third kappa shape index (κ3) is 2.03. The summed E-state index contributed by atoms with van der Waals surface area (Å²) < 4.78 is 5.96. The first-order valence-corrected chi connectivity index (χ1v) is 5.85. The van der Waals surface area contributed by atoms with Crippen molar-refractivity contribution in [2.45, 2.75) is 12.5 Å². The van der Waals surface area contributed by atoms with E-state index in [1.165, 1.54) is 0 Å². The zero-order chi connectivity index (χ0) is 11.7. The van der Waals surface area contributed by atoms with Crippen LogP contribution >= 0.6 is 0 Å². The van der Waals surface area contributed by atoms with E-state index < -0.39 is 0 Å². The number of hydrogen-bond donors (Lipinski definition) is 2. The van der Waals surface area contributed by atoms with Gasteiger partial charge in [0.15, 0.2) is 0 Å². The van der Waals surface area contributed by atoms with Crippen LogP contribution in [0.3, 0.4) is 0 Å². The van der Waals surface area contributed by atoms with Crippen LogP contribution in [0.5, 0.6) is 5.75 Å². The second-order valence-corrected chi connectivity index (χ2v) is 4.30. The summed E-state index contributed by atoms with van der Waals surface area (Å²) in [4.78, 5) is 4.35. The Morgan fingerprint density at radius 3 is 3.06 bits per heavy atom. The topological polar surface area (TPSA) is 60.2 Å². The summed E-state index contributed by atoms with van der Waals surface area (Å²) in [6, 6.07) is 9.73. The number of nitrogen functional groups attached to an aromatic ring is 1. The lowest BCUT2D eigenvalue weighted by Gasteiger charge is -2.14. The van der Waals surface area contributed by atoms with Crippen LogP contribution < -0.4 is 15.8 Å². The number of fused-ring (bicyclic) bond motifs is 1. The summed E-state index contributed by atoms with van der Waals surface area (Å²) in [5.74, 6) is 1.35. The Bertz CT molecular complexity index is 535. The highest BCUT2D eigenvalue weighted by molar-refractivity contribution is 5.85. The summed E-state index contributed by atoms with van der Waals surface area (Å²) >= 11 is 0. The summed E-state index contributed by atoms with van der Waals surface area (Å²) in [6.07, 6.45) is 1.28. The molecule has 1 saturated heterocycles. The van der Waals surface area contributed by atoms with Crippen LogP contribution in [-0.4, -0.2) is 24.2 Å². The number of ether oxygens (including phenoxy) is 1. The molecule has 1 aromatic carbocycles. The van der Waals surface area contributed by atoms with Crippen LogP contribution in [-0.2, 0) is 0 Å². The normalized spacial score (nSPS) is 19.6. The Hall–Kier alpha value is -1.81. The molecule has 2 heterocycles. The van der Waals surface area contributed by atoms with Gasteiger partial charge in [-0.1, -0.05) is 12.1 Å². The van der Waals surface area contributed by atoms with Gasteiger partial charge >= 0.3 is 0 Å². The van der Waals surface area contributed by atoms with Gasteiger partial charge in [0.05, 0.1) is 0 Å². The molecule has 1 aromatic heterocycles. The van der Waals surface area contributed by atoms with E-state index in [2.05, 4.69) is 10.3 Å². The van der Waals surface area contributed by atoms with Gasteiger partial charge < -0.3 is 15.8 Å². The molecule has 88 valence electrons. The van der Waals surface area contributed by atoms with Crippen molar-refractivity contribution in [3.8, 4) is 5.75 Å². The van der Waals surface area contributed by atoms with Gasteiger partial charge in [0.2, 0.25) is 0 Å². The molecule has 0 radical (unpaired) electrons. The molecular formula is C13H15N3O. The van der Waals surface area contributed by atoms with Gasteiger partial charge in [-0.05, 0) is 31.2 Å². The highest BCUT2D eigenvalue weighted by atomic mass is 16.5. The maximum atomic E-state index is 5.96. The SMILES string of the molecule is Nc1ccc2cccc(O[C@H]3CCNC3)c2n1. The van der Waals surface area contributed by atoms with Crippen LogP contribution in [0.15, 0.2) is 30.3 Å². The number of nitrogens with one attached hydrogen (secondary N) is 1. The maximum absolute atomic E-state index is 5.96. The fourth-order valence-electron chi connectivity index (χ4n) is 2.14. The molecule has 0 amide bonds. The molecule has 1 atom stereocenters. The molecule has 0 saturated carbocycles. The van der Waals surface area contributed by atoms with Crippen molar-refractivity contribution in [1.82, 2.24) is 10.3 Å². The molecule has 0 spiro atoms. The van der Waals surface area contributed by atoms with E-state index in [9.17, 15) is 0 Å². The number of benzene rings is 1. The van der Waals surface area contributed by atoms with Gasteiger partial charge in [-0.15, -0.1) is 0 Å². The average molecular weight is 229 g/mol. The van der Waals surface area contributed by atoms with Crippen molar-refractivity contribution in [1.29, 1.82) is 0 Å². The Kier molecular flexibility index (Phi) is 2.57. The van der Waals surface area contributed by atoms with Crippen molar-refractivity contribution in [2.24, 2.45) is 0 Å².